The van der Waals surface area contributed by atoms with Gasteiger partial charge in [-0.2, -0.15) is 0 Å². The minimum absolute atomic E-state index is 0.0234. The molecule has 1 amide bonds. The molecular formula is C54H56N2O8. The van der Waals surface area contributed by atoms with E-state index < -0.39 is 23.2 Å². The molecule has 0 saturated heterocycles. The van der Waals surface area contributed by atoms with Crippen LogP contribution in [0.15, 0.2) is 163 Å². The van der Waals surface area contributed by atoms with E-state index in [0.29, 0.717) is 55.5 Å². The average Bonchev–Trinajstić information content (AvgIpc) is 3.71. The van der Waals surface area contributed by atoms with Gasteiger partial charge in [0.25, 0.3) is 5.91 Å². The van der Waals surface area contributed by atoms with Crippen LogP contribution in [0.5, 0.6) is 17.2 Å². The lowest BCUT2D eigenvalue weighted by atomic mass is 9.83. The first kappa shape index (κ1) is 45.1. The molecule has 10 nitrogen and oxygen atoms in total. The highest BCUT2D eigenvalue weighted by Gasteiger charge is 2.53. The van der Waals surface area contributed by atoms with Gasteiger partial charge in [-0.1, -0.05) is 121 Å². The molecule has 6 aromatic carbocycles. The Morgan fingerprint density at radius 3 is 1.91 bits per heavy atom. The molecule has 1 heterocycles. The van der Waals surface area contributed by atoms with Crippen LogP contribution in [0.1, 0.15) is 74.0 Å². The van der Waals surface area contributed by atoms with Gasteiger partial charge >= 0.3 is 5.97 Å². The molecule has 330 valence electrons. The van der Waals surface area contributed by atoms with Gasteiger partial charge in [0.2, 0.25) is 5.90 Å². The predicted molar refractivity (Wildman–Crippen MR) is 248 cm³/mol. The molecule has 0 fully saturated rings. The van der Waals surface area contributed by atoms with Crippen LogP contribution in [0.3, 0.4) is 0 Å². The van der Waals surface area contributed by atoms with Crippen LogP contribution in [0.2, 0.25) is 0 Å². The number of nitrogens with zero attached hydrogens (tertiary/aromatic N) is 1. The number of carbonyl (C=O) groups is 2. The number of aliphatic hydroxyl groups excluding tert-OH is 1. The van der Waals surface area contributed by atoms with E-state index in [9.17, 15) is 14.7 Å². The monoisotopic (exact) mass is 860 g/mol. The number of nitrogens with one attached hydrogen (secondary N) is 1. The maximum atomic E-state index is 15.0. The number of carbonyl (C=O) groups excluding carboxylic acids is 2. The van der Waals surface area contributed by atoms with Gasteiger partial charge in [0, 0.05) is 31.6 Å². The van der Waals surface area contributed by atoms with Crippen LogP contribution in [0, 0.1) is 0 Å². The molecule has 10 heteroatoms. The SMILES string of the molecule is CC(C)(C)OC(=O)CC[C@@]1(C(=O)NCCc2ccc(OCc3ccccc3)c(OCc3ccccc3)c2)N=C(c2ccc(OCCCO)cc2)O[C@@H]1c1ccc(-c2ccccc2)cc1. The number of rotatable bonds is 20. The lowest BCUT2D eigenvalue weighted by Crippen LogP contribution is -2.49. The van der Waals surface area contributed by atoms with E-state index in [1.54, 1.807) is 12.1 Å². The lowest BCUT2D eigenvalue weighted by molar-refractivity contribution is -0.155. The van der Waals surface area contributed by atoms with Crippen molar-refractivity contribution in [3.63, 3.8) is 0 Å². The second kappa shape index (κ2) is 21.4. The summed E-state index contributed by atoms with van der Waals surface area (Å²) in [6.07, 6.45) is 0.0489. The predicted octanol–water partition coefficient (Wildman–Crippen LogP) is 10.0. The Morgan fingerprint density at radius 1 is 0.688 bits per heavy atom. The third-order valence-corrected chi connectivity index (χ3v) is 10.7. The highest BCUT2D eigenvalue weighted by molar-refractivity contribution is 6.01. The summed E-state index contributed by atoms with van der Waals surface area (Å²) < 4.78 is 30.8. The smallest absolute Gasteiger partial charge is 0.306 e. The molecule has 0 aromatic heterocycles. The molecule has 7 rings (SSSR count). The van der Waals surface area contributed by atoms with Crippen molar-refractivity contribution in [2.75, 3.05) is 19.8 Å². The Morgan fingerprint density at radius 2 is 1.28 bits per heavy atom. The van der Waals surface area contributed by atoms with Crippen LogP contribution >= 0.6 is 0 Å². The summed E-state index contributed by atoms with van der Waals surface area (Å²) in [5.74, 6) is 1.29. The number of ether oxygens (including phenoxy) is 5. The van der Waals surface area contributed by atoms with E-state index in [1.165, 1.54) is 0 Å². The summed E-state index contributed by atoms with van der Waals surface area (Å²) in [6, 6.07) is 51.0. The maximum absolute atomic E-state index is 15.0. The average molecular weight is 861 g/mol. The van der Waals surface area contributed by atoms with Gasteiger partial charge in [0.15, 0.2) is 23.1 Å². The van der Waals surface area contributed by atoms with E-state index >= 15 is 0 Å². The Bertz CT molecular complexity index is 2450. The molecule has 2 atom stereocenters. The number of aliphatic hydroxyl groups is 1. The van der Waals surface area contributed by atoms with Crippen molar-refractivity contribution in [1.29, 1.82) is 0 Å². The number of esters is 1. The Balaban J connectivity index is 1.17. The number of amides is 1. The third kappa shape index (κ3) is 12.2. The minimum atomic E-state index is -1.55. The minimum Gasteiger partial charge on any atom is -0.494 e. The zero-order chi connectivity index (χ0) is 44.8. The molecule has 0 spiro atoms. The molecule has 0 bridgehead atoms. The summed E-state index contributed by atoms with van der Waals surface area (Å²) in [5.41, 5.74) is 4.16. The number of hydrogen-bond acceptors (Lipinski definition) is 9. The van der Waals surface area contributed by atoms with Crippen molar-refractivity contribution in [2.45, 2.75) is 76.9 Å². The van der Waals surface area contributed by atoms with E-state index in [1.807, 2.05) is 166 Å². The van der Waals surface area contributed by atoms with Crippen molar-refractivity contribution >= 4 is 17.8 Å². The fourth-order valence-electron chi connectivity index (χ4n) is 7.42. The van der Waals surface area contributed by atoms with Gasteiger partial charge in [0.1, 0.15) is 24.6 Å². The van der Waals surface area contributed by atoms with E-state index in [0.717, 1.165) is 33.4 Å². The Labute approximate surface area is 375 Å². The van der Waals surface area contributed by atoms with Crippen molar-refractivity contribution in [3.8, 4) is 28.4 Å². The molecule has 6 aromatic rings. The molecular weight excluding hydrogens is 805 g/mol. The molecule has 0 aliphatic carbocycles. The first-order valence-electron chi connectivity index (χ1n) is 21.8. The zero-order valence-corrected chi connectivity index (χ0v) is 36.7. The first-order valence-corrected chi connectivity index (χ1v) is 21.8. The second-order valence-electron chi connectivity index (χ2n) is 16.7. The number of benzene rings is 6. The van der Waals surface area contributed by atoms with Gasteiger partial charge in [-0.25, -0.2) is 4.99 Å². The molecule has 64 heavy (non-hydrogen) atoms. The van der Waals surface area contributed by atoms with Gasteiger partial charge in [-0.05, 0) is 103 Å². The normalized spacial score (nSPS) is 15.7. The largest absolute Gasteiger partial charge is 0.494 e. The first-order chi connectivity index (χ1) is 31.1. The maximum Gasteiger partial charge on any atom is 0.306 e. The van der Waals surface area contributed by atoms with Crippen molar-refractivity contribution < 1.29 is 38.4 Å². The van der Waals surface area contributed by atoms with E-state index in [4.69, 9.17) is 28.7 Å². The summed E-state index contributed by atoms with van der Waals surface area (Å²) in [5, 5.41) is 12.4. The quantitative estimate of drug-likeness (QED) is 0.0575. The van der Waals surface area contributed by atoms with Crippen molar-refractivity contribution in [3.05, 3.63) is 186 Å². The standard InChI is InChI=1S/C54H56N2O8/c1-53(2,3)64-49(58)30-32-54(52(59)55-33-31-39-20-29-47(61-37-40-14-7-4-8-15-40)48(36-39)62-38-41-16-9-5-10-17-41)50(44-23-21-43(22-24-44)42-18-11-6-12-19-42)63-51(56-54)45-25-27-46(28-26-45)60-35-13-34-57/h4-12,14-29,36,50,57H,13,30-35,37-38H2,1-3H3,(H,55,59)/t50-,54-/m1/s1. The molecule has 1 aliphatic rings. The highest BCUT2D eigenvalue weighted by atomic mass is 16.6. The summed E-state index contributed by atoms with van der Waals surface area (Å²) >= 11 is 0. The van der Waals surface area contributed by atoms with Crippen LogP contribution < -0.4 is 19.5 Å². The van der Waals surface area contributed by atoms with Crippen LogP contribution in [0.4, 0.5) is 0 Å². The fourth-order valence-corrected chi connectivity index (χ4v) is 7.42. The van der Waals surface area contributed by atoms with Crippen molar-refractivity contribution in [2.24, 2.45) is 4.99 Å². The Kier molecular flexibility index (Phi) is 15.1. The molecule has 2 N–H and O–H groups in total. The van der Waals surface area contributed by atoms with Gasteiger partial charge in [-0.3, -0.25) is 9.59 Å². The number of aliphatic imine (C=N–C) groups is 1. The third-order valence-electron chi connectivity index (χ3n) is 10.7. The molecule has 1 aliphatic heterocycles. The van der Waals surface area contributed by atoms with E-state index in [-0.39, 0.29) is 37.8 Å². The van der Waals surface area contributed by atoms with Crippen LogP contribution in [-0.2, 0) is 38.7 Å². The summed E-state index contributed by atoms with van der Waals surface area (Å²) in [4.78, 5) is 33.4. The van der Waals surface area contributed by atoms with Crippen molar-refractivity contribution in [1.82, 2.24) is 5.32 Å². The molecule has 0 unspecified atom stereocenters. The second-order valence-corrected chi connectivity index (χ2v) is 16.7. The Hall–Kier alpha value is -6.91. The summed E-state index contributed by atoms with van der Waals surface area (Å²) in [6.45, 7) is 6.85. The lowest BCUT2D eigenvalue weighted by Gasteiger charge is -2.31. The van der Waals surface area contributed by atoms with Crippen LogP contribution in [0.25, 0.3) is 11.1 Å². The van der Waals surface area contributed by atoms with Gasteiger partial charge in [-0.15, -0.1) is 0 Å². The topological polar surface area (TPSA) is 125 Å². The highest BCUT2D eigenvalue weighted by Crippen LogP contribution is 2.44. The van der Waals surface area contributed by atoms with Gasteiger partial charge < -0.3 is 34.1 Å². The van der Waals surface area contributed by atoms with Crippen LogP contribution in [-0.4, -0.2) is 53.8 Å². The van der Waals surface area contributed by atoms with E-state index in [2.05, 4.69) is 5.32 Å². The molecule has 0 saturated carbocycles. The summed E-state index contributed by atoms with van der Waals surface area (Å²) in [7, 11) is 0. The van der Waals surface area contributed by atoms with Gasteiger partial charge in [0.05, 0.1) is 6.61 Å². The fraction of sp³-hybridized carbons (Fsp3) is 0.278. The number of hydrogen-bond donors (Lipinski definition) is 2. The molecule has 0 radical (unpaired) electrons. The zero-order valence-electron chi connectivity index (χ0n) is 36.7.